The van der Waals surface area contributed by atoms with Gasteiger partial charge < -0.3 is 14.4 Å². The fourth-order valence-corrected chi connectivity index (χ4v) is 3.94. The van der Waals surface area contributed by atoms with Gasteiger partial charge in [0, 0.05) is 28.0 Å². The van der Waals surface area contributed by atoms with Gasteiger partial charge in [0.15, 0.2) is 11.6 Å². The summed E-state index contributed by atoms with van der Waals surface area (Å²) in [4.78, 5) is 6.97. The number of hydrogen-bond donors (Lipinski definition) is 0. The van der Waals surface area contributed by atoms with Crippen molar-refractivity contribution in [2.24, 2.45) is 0 Å². The molecule has 0 atom stereocenters. The lowest BCUT2D eigenvalue weighted by Crippen LogP contribution is -2.53. The Hall–Kier alpha value is -1.53. The molecule has 0 amide bonds. The molecule has 1 aliphatic heterocycles. The molecule has 0 unspecified atom stereocenters. The van der Waals surface area contributed by atoms with E-state index in [-0.39, 0.29) is 12.2 Å². The fraction of sp³-hybridized carbons (Fsp3) is 0.286. The molecular weight excluding hydrogens is 463 g/mol. The van der Waals surface area contributed by atoms with E-state index in [4.69, 9.17) is 37.7 Å². The molecule has 0 spiro atoms. The minimum atomic E-state index is 0.185. The first-order valence-electron chi connectivity index (χ1n) is 9.03. The predicted molar refractivity (Wildman–Crippen MR) is 118 cm³/mol. The molecule has 0 bridgehead atoms. The van der Waals surface area contributed by atoms with Crippen LogP contribution in [0.15, 0.2) is 46.9 Å². The molecule has 1 aliphatic rings. The first kappa shape index (κ1) is 19.8. The topological polar surface area (TPSA) is 34.6 Å². The number of aromatic nitrogens is 1. The zero-order valence-corrected chi connectivity index (χ0v) is 18.6. The van der Waals surface area contributed by atoms with Gasteiger partial charge in [0.05, 0.1) is 22.7 Å². The molecule has 1 fully saturated rings. The van der Waals surface area contributed by atoms with Crippen LogP contribution < -0.4 is 9.64 Å². The van der Waals surface area contributed by atoms with Crippen molar-refractivity contribution < 1.29 is 9.47 Å². The Bertz CT molecular complexity index is 1010. The molecule has 4 nitrogen and oxygen atoms in total. The molecule has 0 N–H and O–H groups in total. The molecule has 0 aliphatic carbocycles. The normalized spacial score (nSPS) is 14.6. The summed E-state index contributed by atoms with van der Waals surface area (Å²) < 4.78 is 13.0. The second-order valence-electron chi connectivity index (χ2n) is 7.01. The van der Waals surface area contributed by atoms with E-state index in [1.807, 2.05) is 44.2 Å². The van der Waals surface area contributed by atoms with Crippen molar-refractivity contribution in [1.29, 1.82) is 0 Å². The molecule has 146 valence electrons. The molecule has 28 heavy (non-hydrogen) atoms. The molecule has 3 aromatic rings. The summed E-state index contributed by atoms with van der Waals surface area (Å²) >= 11 is 16.3. The summed E-state index contributed by atoms with van der Waals surface area (Å²) in [6.07, 6.45) is 0.381. The summed E-state index contributed by atoms with van der Waals surface area (Å²) in [7, 11) is 0. The highest BCUT2D eigenvalue weighted by molar-refractivity contribution is 9.10. The summed E-state index contributed by atoms with van der Waals surface area (Å²) in [5, 5.41) is 2.01. The Morgan fingerprint density at radius 3 is 2.50 bits per heavy atom. The Balaban J connectivity index is 1.74. The zero-order valence-electron chi connectivity index (χ0n) is 15.5. The number of halogens is 3. The van der Waals surface area contributed by atoms with Crippen LogP contribution in [0.3, 0.4) is 0 Å². The van der Waals surface area contributed by atoms with Crippen molar-refractivity contribution in [2.75, 3.05) is 18.0 Å². The van der Waals surface area contributed by atoms with Crippen LogP contribution >= 0.6 is 39.1 Å². The fourth-order valence-electron chi connectivity index (χ4n) is 3.17. The quantitative estimate of drug-likeness (QED) is 0.405. The third kappa shape index (κ3) is 4.08. The molecule has 2 heterocycles. The lowest BCUT2D eigenvalue weighted by Gasteiger charge is -2.41. The van der Waals surface area contributed by atoms with Crippen LogP contribution in [0.5, 0.6) is 11.5 Å². The van der Waals surface area contributed by atoms with Gasteiger partial charge in [0.25, 0.3) is 0 Å². The number of nitrogens with zero attached hydrogens (tertiary/aromatic N) is 2. The predicted octanol–water partition coefficient (Wildman–Crippen LogP) is 6.71. The number of benzene rings is 2. The summed E-state index contributed by atoms with van der Waals surface area (Å²) in [6, 6.07) is 13.0. The Labute approximate surface area is 182 Å². The van der Waals surface area contributed by atoms with E-state index >= 15 is 0 Å². The first-order valence-corrected chi connectivity index (χ1v) is 10.6. The third-order valence-corrected chi connectivity index (χ3v) is 5.59. The Kier molecular flexibility index (Phi) is 5.70. The molecule has 7 heteroatoms. The Morgan fingerprint density at radius 2 is 1.82 bits per heavy atom. The average molecular weight is 482 g/mol. The number of ether oxygens (including phenoxy) is 2. The van der Waals surface area contributed by atoms with Gasteiger partial charge in [-0.1, -0.05) is 39.1 Å². The Morgan fingerprint density at radius 1 is 1.11 bits per heavy atom. The number of rotatable bonds is 5. The van der Waals surface area contributed by atoms with Gasteiger partial charge in [-0.3, -0.25) is 0 Å². The van der Waals surface area contributed by atoms with E-state index in [9.17, 15) is 0 Å². The number of pyridine rings is 1. The van der Waals surface area contributed by atoms with E-state index in [1.54, 1.807) is 12.1 Å². The maximum Gasteiger partial charge on any atom is 0.189 e. The van der Waals surface area contributed by atoms with Gasteiger partial charge in [0.2, 0.25) is 0 Å². The minimum absolute atomic E-state index is 0.185. The number of fused-ring (bicyclic) bond motifs is 1. The van der Waals surface area contributed by atoms with E-state index < -0.39 is 0 Å². The van der Waals surface area contributed by atoms with Crippen molar-refractivity contribution >= 4 is 55.9 Å². The van der Waals surface area contributed by atoms with Crippen molar-refractivity contribution in [1.82, 2.24) is 4.98 Å². The lowest BCUT2D eigenvalue weighted by atomic mass is 10.1. The maximum absolute atomic E-state index is 6.78. The van der Waals surface area contributed by atoms with Crippen LogP contribution in [0, 0.1) is 0 Å². The highest BCUT2D eigenvalue weighted by Crippen LogP contribution is 2.43. The van der Waals surface area contributed by atoms with Gasteiger partial charge in [-0.05, 0) is 56.3 Å². The third-order valence-electron chi connectivity index (χ3n) is 4.47. The molecule has 2 aromatic carbocycles. The standard InChI is InChI=1S/C21H19BrCl2N2O2/c1-12(2)27-16-10-26(11-16)21-20(28-15-6-4-14(23)5-7-15)19(24)17-9-13(22)3-8-18(17)25-21/h3-9,12,16H,10-11H2,1-2H3. The SMILES string of the molecule is CC(C)OC1CN(c2nc3ccc(Br)cc3c(Cl)c2Oc2ccc(Cl)cc2)C1. The van der Waals surface area contributed by atoms with Crippen LogP contribution in [0.4, 0.5) is 5.82 Å². The molecule has 1 saturated heterocycles. The van der Waals surface area contributed by atoms with Crippen molar-refractivity contribution in [3.63, 3.8) is 0 Å². The molecular formula is C21H19BrCl2N2O2. The molecule has 1 aromatic heterocycles. The van der Waals surface area contributed by atoms with Gasteiger partial charge >= 0.3 is 0 Å². The summed E-state index contributed by atoms with van der Waals surface area (Å²) in [5.41, 5.74) is 0.819. The van der Waals surface area contributed by atoms with Crippen LogP contribution in [0.2, 0.25) is 10.0 Å². The number of hydrogen-bond acceptors (Lipinski definition) is 4. The highest BCUT2D eigenvalue weighted by Gasteiger charge is 2.33. The second kappa shape index (κ2) is 8.07. The van der Waals surface area contributed by atoms with Crippen molar-refractivity contribution in [3.8, 4) is 11.5 Å². The van der Waals surface area contributed by atoms with E-state index in [1.165, 1.54) is 0 Å². The minimum Gasteiger partial charge on any atom is -0.452 e. The van der Waals surface area contributed by atoms with Crippen LogP contribution in [0.25, 0.3) is 10.9 Å². The number of anilines is 1. The maximum atomic E-state index is 6.78. The monoisotopic (exact) mass is 480 g/mol. The molecule has 0 radical (unpaired) electrons. The van der Waals surface area contributed by atoms with Crippen LogP contribution in [0.1, 0.15) is 13.8 Å². The average Bonchev–Trinajstić information content (AvgIpc) is 2.62. The van der Waals surface area contributed by atoms with Gasteiger partial charge in [-0.15, -0.1) is 0 Å². The van der Waals surface area contributed by atoms with E-state index in [0.717, 1.165) is 34.3 Å². The van der Waals surface area contributed by atoms with Crippen LogP contribution in [-0.4, -0.2) is 30.3 Å². The van der Waals surface area contributed by atoms with Gasteiger partial charge in [0.1, 0.15) is 5.75 Å². The summed E-state index contributed by atoms with van der Waals surface area (Å²) in [5.74, 6) is 1.91. The zero-order chi connectivity index (χ0) is 19.8. The van der Waals surface area contributed by atoms with Crippen molar-refractivity contribution in [3.05, 3.63) is 57.0 Å². The largest absolute Gasteiger partial charge is 0.452 e. The highest BCUT2D eigenvalue weighted by atomic mass is 79.9. The van der Waals surface area contributed by atoms with E-state index in [2.05, 4.69) is 20.8 Å². The molecule has 4 rings (SSSR count). The van der Waals surface area contributed by atoms with Crippen LogP contribution in [-0.2, 0) is 4.74 Å². The second-order valence-corrected chi connectivity index (χ2v) is 8.74. The van der Waals surface area contributed by atoms with Gasteiger partial charge in [-0.2, -0.15) is 0 Å². The summed E-state index contributed by atoms with van der Waals surface area (Å²) in [6.45, 7) is 5.59. The first-order chi connectivity index (χ1) is 13.4. The smallest absolute Gasteiger partial charge is 0.189 e. The van der Waals surface area contributed by atoms with Gasteiger partial charge in [-0.25, -0.2) is 4.98 Å². The van der Waals surface area contributed by atoms with E-state index in [0.29, 0.717) is 21.5 Å². The molecule has 0 saturated carbocycles. The van der Waals surface area contributed by atoms with Crippen molar-refractivity contribution in [2.45, 2.75) is 26.1 Å². The lowest BCUT2D eigenvalue weighted by molar-refractivity contribution is -0.00753.